The van der Waals surface area contributed by atoms with E-state index in [-0.39, 0.29) is 17.8 Å². The lowest BCUT2D eigenvalue weighted by Gasteiger charge is -2.12. The third kappa shape index (κ3) is 5.75. The van der Waals surface area contributed by atoms with Crippen LogP contribution in [0.3, 0.4) is 0 Å². The molecule has 0 bridgehead atoms. The van der Waals surface area contributed by atoms with Crippen LogP contribution in [0.5, 0.6) is 5.75 Å². The lowest BCUT2D eigenvalue weighted by molar-refractivity contribution is -0.137. The van der Waals surface area contributed by atoms with Crippen LogP contribution in [0.1, 0.15) is 27.0 Å². The van der Waals surface area contributed by atoms with Crippen LogP contribution >= 0.6 is 0 Å². The third-order valence-corrected chi connectivity index (χ3v) is 5.46. The molecule has 0 unspecified atom stereocenters. The fourth-order valence-electron chi connectivity index (χ4n) is 3.60. The number of methoxy groups -OCH3 is 1. The molecule has 36 heavy (non-hydrogen) atoms. The van der Waals surface area contributed by atoms with Crippen molar-refractivity contribution in [2.45, 2.75) is 12.7 Å². The Morgan fingerprint density at radius 3 is 2.50 bits per heavy atom. The van der Waals surface area contributed by atoms with E-state index in [4.69, 9.17) is 4.74 Å². The minimum atomic E-state index is -4.49. The number of alkyl halides is 3. The first-order valence-electron chi connectivity index (χ1n) is 10.9. The Bertz CT molecular complexity index is 1430. The van der Waals surface area contributed by atoms with Crippen molar-refractivity contribution >= 4 is 28.8 Å². The van der Waals surface area contributed by atoms with Crippen LogP contribution in [0.25, 0.3) is 17.0 Å². The van der Waals surface area contributed by atoms with Crippen LogP contribution in [-0.2, 0) is 17.5 Å². The van der Waals surface area contributed by atoms with Crippen LogP contribution in [-0.4, -0.2) is 23.9 Å². The maximum absolute atomic E-state index is 13.1. The number of aromatic nitrogens is 1. The molecule has 0 radical (unpaired) electrons. The zero-order valence-corrected chi connectivity index (χ0v) is 19.1. The van der Waals surface area contributed by atoms with Gasteiger partial charge in [-0.25, -0.2) is 0 Å². The number of carbonyl (C=O) groups excluding carboxylic acids is 2. The van der Waals surface area contributed by atoms with E-state index in [2.05, 4.69) is 15.6 Å². The van der Waals surface area contributed by atoms with Gasteiger partial charge in [-0.15, -0.1) is 0 Å². The first-order valence-corrected chi connectivity index (χ1v) is 10.9. The fourth-order valence-corrected chi connectivity index (χ4v) is 3.60. The van der Waals surface area contributed by atoms with Gasteiger partial charge in [0.15, 0.2) is 0 Å². The highest BCUT2D eigenvalue weighted by Crippen LogP contribution is 2.29. The molecule has 3 aromatic carbocycles. The van der Waals surface area contributed by atoms with Crippen molar-refractivity contribution in [1.29, 1.82) is 0 Å². The van der Waals surface area contributed by atoms with Crippen molar-refractivity contribution in [3.05, 3.63) is 107 Å². The van der Waals surface area contributed by atoms with Gasteiger partial charge in [0.1, 0.15) is 11.4 Å². The molecule has 1 aromatic heterocycles. The second-order valence-corrected chi connectivity index (χ2v) is 7.91. The maximum atomic E-state index is 13.1. The average Bonchev–Trinajstić information content (AvgIpc) is 3.28. The number of hydrogen-bond donors (Lipinski definition) is 3. The van der Waals surface area contributed by atoms with Gasteiger partial charge in [-0.3, -0.25) is 9.59 Å². The number of amides is 2. The summed E-state index contributed by atoms with van der Waals surface area (Å²) in [5.74, 6) is -0.553. The van der Waals surface area contributed by atoms with Gasteiger partial charge >= 0.3 is 6.18 Å². The van der Waals surface area contributed by atoms with Gasteiger partial charge < -0.3 is 20.4 Å². The van der Waals surface area contributed by atoms with Crippen molar-refractivity contribution in [2.75, 3.05) is 7.11 Å². The van der Waals surface area contributed by atoms with Gasteiger partial charge in [-0.2, -0.15) is 13.2 Å². The van der Waals surface area contributed by atoms with Crippen LogP contribution in [0.2, 0.25) is 0 Å². The molecule has 4 aromatic rings. The number of benzene rings is 3. The van der Waals surface area contributed by atoms with E-state index in [9.17, 15) is 22.8 Å². The molecule has 0 fully saturated rings. The van der Waals surface area contributed by atoms with Gasteiger partial charge in [0, 0.05) is 34.8 Å². The molecule has 1 heterocycles. The van der Waals surface area contributed by atoms with Gasteiger partial charge in [0.25, 0.3) is 11.8 Å². The number of rotatable bonds is 7. The highest BCUT2D eigenvalue weighted by Gasteiger charge is 2.30. The lowest BCUT2D eigenvalue weighted by atomic mass is 10.1. The molecule has 2 amide bonds. The van der Waals surface area contributed by atoms with Crippen LogP contribution in [0.4, 0.5) is 13.2 Å². The SMILES string of the molecule is COc1ccc2[nH]cc(/C=C(/NC(=O)c3ccccc3)C(=O)NCc3cccc(C(F)(F)F)c3)c2c1. The molecule has 9 heteroatoms. The lowest BCUT2D eigenvalue weighted by Crippen LogP contribution is -2.34. The summed E-state index contributed by atoms with van der Waals surface area (Å²) in [6.07, 6.45) is -1.31. The average molecular weight is 493 g/mol. The Labute approximate surface area is 204 Å². The Morgan fingerprint density at radius 2 is 1.78 bits per heavy atom. The monoisotopic (exact) mass is 493 g/mol. The molecule has 184 valence electrons. The molecule has 6 nitrogen and oxygen atoms in total. The van der Waals surface area contributed by atoms with Crippen molar-refractivity contribution in [1.82, 2.24) is 15.6 Å². The summed E-state index contributed by atoms with van der Waals surface area (Å²) < 4.78 is 44.4. The molecule has 4 rings (SSSR count). The molecular weight excluding hydrogens is 471 g/mol. The van der Waals surface area contributed by atoms with E-state index in [1.54, 1.807) is 48.7 Å². The summed E-state index contributed by atoms with van der Waals surface area (Å²) in [6, 6.07) is 18.4. The molecular formula is C27H22F3N3O3. The minimum absolute atomic E-state index is 0.0699. The van der Waals surface area contributed by atoms with Crippen molar-refractivity contribution < 1.29 is 27.5 Å². The molecule has 0 aliphatic heterocycles. The van der Waals surface area contributed by atoms with Crippen molar-refractivity contribution in [3.8, 4) is 5.75 Å². The second-order valence-electron chi connectivity index (χ2n) is 7.91. The number of fused-ring (bicyclic) bond motifs is 1. The number of aromatic amines is 1. The quantitative estimate of drug-likeness (QED) is 0.306. The first kappa shape index (κ1) is 24.6. The molecule has 0 saturated carbocycles. The highest BCUT2D eigenvalue weighted by atomic mass is 19.4. The largest absolute Gasteiger partial charge is 0.497 e. The van der Waals surface area contributed by atoms with E-state index < -0.39 is 23.6 Å². The number of H-pyrrole nitrogens is 1. The number of halogens is 3. The standard InChI is InChI=1S/C27H22F3N3O3/c1-36-21-10-11-23-22(14-21)19(16-31-23)13-24(33-25(34)18-7-3-2-4-8-18)26(35)32-15-17-6-5-9-20(12-17)27(28,29)30/h2-14,16,31H,15H2,1H3,(H,32,35)(H,33,34)/b24-13+. The second kappa shape index (κ2) is 10.4. The van der Waals surface area contributed by atoms with Gasteiger partial charge in [-0.1, -0.05) is 30.3 Å². The summed E-state index contributed by atoms with van der Waals surface area (Å²) in [6.45, 7) is -0.164. The zero-order chi connectivity index (χ0) is 25.7. The van der Waals surface area contributed by atoms with E-state index in [1.807, 2.05) is 6.07 Å². The minimum Gasteiger partial charge on any atom is -0.497 e. The zero-order valence-electron chi connectivity index (χ0n) is 19.1. The van der Waals surface area contributed by atoms with Crippen molar-refractivity contribution in [2.24, 2.45) is 0 Å². The smallest absolute Gasteiger partial charge is 0.416 e. The topological polar surface area (TPSA) is 83.2 Å². The van der Waals surface area contributed by atoms with E-state index in [0.717, 1.165) is 23.0 Å². The highest BCUT2D eigenvalue weighted by molar-refractivity contribution is 6.06. The van der Waals surface area contributed by atoms with Gasteiger partial charge in [0.05, 0.1) is 12.7 Å². The molecule has 0 spiro atoms. The fraction of sp³-hybridized carbons (Fsp3) is 0.111. The van der Waals surface area contributed by atoms with Crippen molar-refractivity contribution in [3.63, 3.8) is 0 Å². The van der Waals surface area contributed by atoms with E-state index >= 15 is 0 Å². The summed E-state index contributed by atoms with van der Waals surface area (Å²) in [5, 5.41) is 5.97. The molecule has 3 N–H and O–H groups in total. The molecule has 0 atom stereocenters. The molecule has 0 aliphatic rings. The Morgan fingerprint density at radius 1 is 1.00 bits per heavy atom. The summed E-state index contributed by atoms with van der Waals surface area (Å²) in [5.41, 5.74) is 1.13. The Balaban J connectivity index is 1.63. The number of nitrogens with one attached hydrogen (secondary N) is 3. The molecule has 0 aliphatic carbocycles. The summed E-state index contributed by atoms with van der Waals surface area (Å²) in [4.78, 5) is 29.0. The summed E-state index contributed by atoms with van der Waals surface area (Å²) in [7, 11) is 1.54. The third-order valence-electron chi connectivity index (χ3n) is 5.46. The van der Waals surface area contributed by atoms with E-state index in [1.165, 1.54) is 25.3 Å². The molecule has 0 saturated heterocycles. The predicted octanol–water partition coefficient (Wildman–Crippen LogP) is 5.28. The number of ether oxygens (including phenoxy) is 1. The van der Waals surface area contributed by atoms with Gasteiger partial charge in [-0.05, 0) is 54.1 Å². The normalized spacial score (nSPS) is 11.8. The predicted molar refractivity (Wildman–Crippen MR) is 130 cm³/mol. The summed E-state index contributed by atoms with van der Waals surface area (Å²) >= 11 is 0. The Hall–Kier alpha value is -4.53. The van der Waals surface area contributed by atoms with Crippen LogP contribution in [0.15, 0.2) is 84.7 Å². The van der Waals surface area contributed by atoms with Gasteiger partial charge in [0.2, 0.25) is 0 Å². The maximum Gasteiger partial charge on any atom is 0.416 e. The van der Waals surface area contributed by atoms with Crippen LogP contribution < -0.4 is 15.4 Å². The van der Waals surface area contributed by atoms with Crippen LogP contribution in [0, 0.1) is 0 Å². The number of hydrogen-bond acceptors (Lipinski definition) is 3. The Kier molecular flexibility index (Phi) is 7.10. The number of carbonyl (C=O) groups is 2. The van der Waals surface area contributed by atoms with E-state index in [0.29, 0.717) is 16.9 Å². The first-order chi connectivity index (χ1) is 17.2.